The van der Waals surface area contributed by atoms with Gasteiger partial charge in [-0.15, -0.1) is 0 Å². The minimum absolute atomic E-state index is 0.156. The van der Waals surface area contributed by atoms with E-state index in [2.05, 4.69) is 10.6 Å². The first-order valence-corrected chi connectivity index (χ1v) is 8.06. The minimum atomic E-state index is -1.03. The van der Waals surface area contributed by atoms with Gasteiger partial charge in [0.15, 0.2) is 11.6 Å². The van der Waals surface area contributed by atoms with E-state index in [1.54, 1.807) is 0 Å². The maximum Gasteiger partial charge on any atom is 0.243 e. The molecule has 2 N–H and O–H groups in total. The summed E-state index contributed by atoms with van der Waals surface area (Å²) in [5.74, 6) is -2.01. The molecule has 0 aliphatic heterocycles. The number of amides is 2. The molecule has 1 aromatic carbocycles. The predicted molar refractivity (Wildman–Crippen MR) is 83.8 cm³/mol. The van der Waals surface area contributed by atoms with Gasteiger partial charge in [0.2, 0.25) is 11.8 Å². The second kappa shape index (κ2) is 8.60. The van der Waals surface area contributed by atoms with E-state index >= 15 is 0 Å². The second-order valence-electron chi connectivity index (χ2n) is 6.00. The van der Waals surface area contributed by atoms with Crippen molar-refractivity contribution in [2.45, 2.75) is 44.9 Å². The fraction of sp³-hybridized carbons (Fsp3) is 0.529. The first-order chi connectivity index (χ1) is 11.0. The fourth-order valence-corrected chi connectivity index (χ4v) is 2.86. The third-order valence-electron chi connectivity index (χ3n) is 4.15. The summed E-state index contributed by atoms with van der Waals surface area (Å²) in [5, 5.41) is 4.96. The third kappa shape index (κ3) is 5.96. The van der Waals surface area contributed by atoms with Gasteiger partial charge in [0.05, 0.1) is 6.54 Å². The van der Waals surface area contributed by atoms with Gasteiger partial charge >= 0.3 is 0 Å². The SMILES string of the molecule is O=C(CCC1CCCCC1)NCC(=O)Nc1ccc(F)c(F)c1. The summed E-state index contributed by atoms with van der Waals surface area (Å²) in [6.45, 7) is -0.178. The molecule has 2 rings (SSSR count). The van der Waals surface area contributed by atoms with Crippen molar-refractivity contribution in [1.82, 2.24) is 5.32 Å². The normalized spacial score (nSPS) is 15.2. The van der Waals surface area contributed by atoms with E-state index in [4.69, 9.17) is 0 Å². The lowest BCUT2D eigenvalue weighted by Gasteiger charge is -2.20. The zero-order valence-corrected chi connectivity index (χ0v) is 13.0. The molecule has 4 nitrogen and oxygen atoms in total. The van der Waals surface area contributed by atoms with Gasteiger partial charge in [-0.05, 0) is 24.5 Å². The van der Waals surface area contributed by atoms with Gasteiger partial charge in [-0.25, -0.2) is 8.78 Å². The van der Waals surface area contributed by atoms with Gasteiger partial charge in [-0.2, -0.15) is 0 Å². The van der Waals surface area contributed by atoms with Crippen LogP contribution in [0.1, 0.15) is 44.9 Å². The van der Waals surface area contributed by atoms with Gasteiger partial charge in [0.1, 0.15) is 0 Å². The first kappa shape index (κ1) is 17.4. The van der Waals surface area contributed by atoms with Crippen LogP contribution in [-0.4, -0.2) is 18.4 Å². The first-order valence-electron chi connectivity index (χ1n) is 8.06. The number of carbonyl (C=O) groups is 2. The summed E-state index contributed by atoms with van der Waals surface area (Å²) in [4.78, 5) is 23.4. The molecule has 0 unspecified atom stereocenters. The summed E-state index contributed by atoms with van der Waals surface area (Å²) in [5.41, 5.74) is 0.158. The average molecular weight is 324 g/mol. The number of nitrogens with one attached hydrogen (secondary N) is 2. The predicted octanol–water partition coefficient (Wildman–Crippen LogP) is 3.38. The van der Waals surface area contributed by atoms with Crippen LogP contribution in [0, 0.1) is 17.6 Å². The Morgan fingerprint density at radius 3 is 2.48 bits per heavy atom. The Bertz CT molecular complexity index is 558. The standard InChI is InChI=1S/C17H22F2N2O2/c18-14-8-7-13(10-15(14)19)21-17(23)11-20-16(22)9-6-12-4-2-1-3-5-12/h7-8,10,12H,1-6,9,11H2,(H,20,22)(H,21,23). The molecule has 0 saturated heterocycles. The van der Waals surface area contributed by atoms with E-state index in [1.807, 2.05) is 0 Å². The lowest BCUT2D eigenvalue weighted by atomic mass is 9.86. The van der Waals surface area contributed by atoms with Crippen molar-refractivity contribution < 1.29 is 18.4 Å². The Morgan fingerprint density at radius 1 is 1.04 bits per heavy atom. The number of benzene rings is 1. The Hall–Kier alpha value is -1.98. The third-order valence-corrected chi connectivity index (χ3v) is 4.15. The molecule has 0 radical (unpaired) electrons. The summed E-state index contributed by atoms with van der Waals surface area (Å²) < 4.78 is 25.8. The number of hydrogen-bond acceptors (Lipinski definition) is 2. The van der Waals surface area contributed by atoms with E-state index < -0.39 is 17.5 Å². The van der Waals surface area contributed by atoms with Crippen LogP contribution < -0.4 is 10.6 Å². The van der Waals surface area contributed by atoms with Crippen molar-refractivity contribution in [3.8, 4) is 0 Å². The molecule has 1 saturated carbocycles. The minimum Gasteiger partial charge on any atom is -0.347 e. The van der Waals surface area contributed by atoms with Crippen molar-refractivity contribution in [1.29, 1.82) is 0 Å². The summed E-state index contributed by atoms with van der Waals surface area (Å²) in [6.07, 6.45) is 7.41. The topological polar surface area (TPSA) is 58.2 Å². The molecule has 2 amide bonds. The van der Waals surface area contributed by atoms with E-state index in [0.717, 1.165) is 18.6 Å². The van der Waals surface area contributed by atoms with E-state index in [-0.39, 0.29) is 18.1 Å². The highest BCUT2D eigenvalue weighted by Gasteiger charge is 2.15. The van der Waals surface area contributed by atoms with Crippen LogP contribution in [0.4, 0.5) is 14.5 Å². The molecule has 0 aromatic heterocycles. The zero-order valence-electron chi connectivity index (χ0n) is 13.0. The van der Waals surface area contributed by atoms with Crippen molar-refractivity contribution in [2.24, 2.45) is 5.92 Å². The van der Waals surface area contributed by atoms with Crippen molar-refractivity contribution in [3.05, 3.63) is 29.8 Å². The highest BCUT2D eigenvalue weighted by atomic mass is 19.2. The van der Waals surface area contributed by atoms with E-state index in [0.29, 0.717) is 12.3 Å². The molecule has 1 aliphatic rings. The quantitative estimate of drug-likeness (QED) is 0.843. The molecule has 0 heterocycles. The van der Waals surface area contributed by atoms with Gasteiger partial charge in [0.25, 0.3) is 0 Å². The molecule has 1 aromatic rings. The molecular weight excluding hydrogens is 302 g/mol. The number of anilines is 1. The van der Waals surface area contributed by atoms with Crippen LogP contribution >= 0.6 is 0 Å². The van der Waals surface area contributed by atoms with Gasteiger partial charge in [0, 0.05) is 18.2 Å². The Kier molecular flexibility index (Phi) is 6.50. The average Bonchev–Trinajstić information content (AvgIpc) is 2.55. The molecule has 0 spiro atoms. The molecule has 126 valence electrons. The van der Waals surface area contributed by atoms with Crippen LogP contribution in [-0.2, 0) is 9.59 Å². The fourth-order valence-electron chi connectivity index (χ4n) is 2.86. The van der Waals surface area contributed by atoms with Crippen molar-refractivity contribution in [3.63, 3.8) is 0 Å². The van der Waals surface area contributed by atoms with Crippen LogP contribution in [0.15, 0.2) is 18.2 Å². The lowest BCUT2D eigenvalue weighted by molar-refractivity contribution is -0.124. The maximum atomic E-state index is 13.0. The van der Waals surface area contributed by atoms with Crippen LogP contribution in [0.3, 0.4) is 0 Å². The van der Waals surface area contributed by atoms with Crippen molar-refractivity contribution in [2.75, 3.05) is 11.9 Å². The largest absolute Gasteiger partial charge is 0.347 e. The highest BCUT2D eigenvalue weighted by molar-refractivity contribution is 5.94. The Labute approximate surface area is 134 Å². The summed E-state index contributed by atoms with van der Waals surface area (Å²) in [7, 11) is 0. The second-order valence-corrected chi connectivity index (χ2v) is 6.00. The van der Waals surface area contributed by atoms with E-state index in [9.17, 15) is 18.4 Å². The molecule has 6 heteroatoms. The summed E-state index contributed by atoms with van der Waals surface area (Å²) in [6, 6.07) is 3.10. The Morgan fingerprint density at radius 2 is 1.78 bits per heavy atom. The molecule has 0 bridgehead atoms. The van der Waals surface area contributed by atoms with Crippen LogP contribution in [0.25, 0.3) is 0 Å². The molecule has 0 atom stereocenters. The maximum absolute atomic E-state index is 13.0. The van der Waals surface area contributed by atoms with E-state index in [1.165, 1.54) is 38.2 Å². The van der Waals surface area contributed by atoms with Gasteiger partial charge < -0.3 is 10.6 Å². The smallest absolute Gasteiger partial charge is 0.243 e. The lowest BCUT2D eigenvalue weighted by Crippen LogP contribution is -2.33. The van der Waals surface area contributed by atoms with Gasteiger partial charge in [-0.1, -0.05) is 32.1 Å². The van der Waals surface area contributed by atoms with Crippen molar-refractivity contribution >= 4 is 17.5 Å². The zero-order chi connectivity index (χ0) is 16.7. The number of hydrogen-bond donors (Lipinski definition) is 2. The highest BCUT2D eigenvalue weighted by Crippen LogP contribution is 2.27. The number of halogens is 2. The number of carbonyl (C=O) groups excluding carboxylic acids is 2. The molecule has 1 fully saturated rings. The van der Waals surface area contributed by atoms with Crippen LogP contribution in [0.5, 0.6) is 0 Å². The Balaban J connectivity index is 1.66. The summed E-state index contributed by atoms with van der Waals surface area (Å²) >= 11 is 0. The van der Waals surface area contributed by atoms with Crippen LogP contribution in [0.2, 0.25) is 0 Å². The molecule has 23 heavy (non-hydrogen) atoms. The van der Waals surface area contributed by atoms with Gasteiger partial charge in [-0.3, -0.25) is 9.59 Å². The number of rotatable bonds is 6. The monoisotopic (exact) mass is 324 g/mol. The molecular formula is C17H22F2N2O2. The molecule has 1 aliphatic carbocycles.